The highest BCUT2D eigenvalue weighted by Crippen LogP contribution is 2.34. The van der Waals surface area contributed by atoms with Crippen LogP contribution in [0.25, 0.3) is 0 Å². The molecule has 0 bridgehead atoms. The normalized spacial score (nSPS) is 14.6. The number of sulfonamides is 1. The number of rotatable bonds is 9. The lowest BCUT2D eigenvalue weighted by atomic mass is 10.1. The van der Waals surface area contributed by atoms with E-state index in [4.69, 9.17) is 16.3 Å². The third-order valence-corrected chi connectivity index (χ3v) is 8.80. The van der Waals surface area contributed by atoms with Crippen LogP contribution in [0.3, 0.4) is 0 Å². The lowest BCUT2D eigenvalue weighted by molar-refractivity contribution is -0.128. The van der Waals surface area contributed by atoms with Crippen molar-refractivity contribution in [2.75, 3.05) is 18.0 Å². The van der Waals surface area contributed by atoms with E-state index in [2.05, 4.69) is 5.32 Å². The predicted octanol–water partition coefficient (Wildman–Crippen LogP) is 4.78. The molecule has 4 aromatic rings. The molecular formula is C31H27ClFN3O5S. The standard InChI is InChI=1S/C31H27ClFN3O5S/c32-24-14-16-25(17-15-24)42(39,40)35(19-23-10-4-5-11-26(23)33)21-30(37)36-20-29(41-28-13-7-6-12-27(28)36)31(38)34-18-22-8-2-1-3-9-22/h1-17,29H,18-21H2,(H,34,38)/t29-/m1/s1. The summed E-state index contributed by atoms with van der Waals surface area (Å²) in [4.78, 5) is 28.2. The Morgan fingerprint density at radius 3 is 2.33 bits per heavy atom. The Morgan fingerprint density at radius 1 is 0.929 bits per heavy atom. The molecule has 1 heterocycles. The largest absolute Gasteiger partial charge is 0.477 e. The first kappa shape index (κ1) is 29.2. The summed E-state index contributed by atoms with van der Waals surface area (Å²) in [6.45, 7) is -0.891. The SMILES string of the molecule is O=C(NCc1ccccc1)[C@H]1CN(C(=O)CN(Cc2ccccc2F)S(=O)(=O)c2ccc(Cl)cc2)c2ccccc2O1. The second-order valence-electron chi connectivity index (χ2n) is 9.60. The summed E-state index contributed by atoms with van der Waals surface area (Å²) in [6.07, 6.45) is -1.04. The fourth-order valence-electron chi connectivity index (χ4n) is 4.54. The van der Waals surface area contributed by atoms with Crippen molar-refractivity contribution in [2.24, 2.45) is 0 Å². The summed E-state index contributed by atoms with van der Waals surface area (Å²) in [7, 11) is -4.26. The van der Waals surface area contributed by atoms with Crippen molar-refractivity contribution < 1.29 is 27.1 Å². The molecule has 0 aliphatic carbocycles. The highest BCUT2D eigenvalue weighted by molar-refractivity contribution is 7.89. The van der Waals surface area contributed by atoms with Gasteiger partial charge in [-0.05, 0) is 48.0 Å². The minimum atomic E-state index is -4.26. The van der Waals surface area contributed by atoms with Crippen LogP contribution in [0.15, 0.2) is 108 Å². The van der Waals surface area contributed by atoms with E-state index in [-0.39, 0.29) is 23.5 Å². The van der Waals surface area contributed by atoms with Gasteiger partial charge in [0.2, 0.25) is 15.9 Å². The molecule has 0 saturated heterocycles. The fraction of sp³-hybridized carbons (Fsp3) is 0.161. The first-order valence-corrected chi connectivity index (χ1v) is 14.9. The molecule has 216 valence electrons. The number of nitrogens with one attached hydrogen (secondary N) is 1. The molecule has 1 aliphatic rings. The molecule has 4 aromatic carbocycles. The van der Waals surface area contributed by atoms with E-state index in [1.165, 1.54) is 47.4 Å². The Balaban J connectivity index is 1.41. The number of carbonyl (C=O) groups is 2. The number of ether oxygens (including phenoxy) is 1. The van der Waals surface area contributed by atoms with Crippen molar-refractivity contribution in [1.29, 1.82) is 0 Å². The van der Waals surface area contributed by atoms with Crippen molar-refractivity contribution in [3.8, 4) is 5.75 Å². The highest BCUT2D eigenvalue weighted by atomic mass is 35.5. The number of nitrogens with zero attached hydrogens (tertiary/aromatic N) is 2. The van der Waals surface area contributed by atoms with Crippen molar-refractivity contribution in [3.05, 3.63) is 125 Å². The maximum Gasteiger partial charge on any atom is 0.263 e. The van der Waals surface area contributed by atoms with E-state index in [1.807, 2.05) is 30.3 Å². The zero-order chi connectivity index (χ0) is 29.7. The maximum absolute atomic E-state index is 14.6. The van der Waals surface area contributed by atoms with Gasteiger partial charge in [0.25, 0.3) is 5.91 Å². The predicted molar refractivity (Wildman–Crippen MR) is 157 cm³/mol. The molecule has 2 amide bonds. The lowest BCUT2D eigenvalue weighted by Gasteiger charge is -2.35. The molecule has 0 aromatic heterocycles. The fourth-order valence-corrected chi connectivity index (χ4v) is 6.03. The molecule has 0 spiro atoms. The van der Waals surface area contributed by atoms with Gasteiger partial charge in [0, 0.05) is 23.7 Å². The lowest BCUT2D eigenvalue weighted by Crippen LogP contribution is -2.52. The number of anilines is 1. The summed E-state index contributed by atoms with van der Waals surface area (Å²) in [6, 6.07) is 27.3. The van der Waals surface area contributed by atoms with Crippen LogP contribution in [0.5, 0.6) is 5.75 Å². The molecule has 0 unspecified atom stereocenters. The van der Waals surface area contributed by atoms with Crippen LogP contribution in [0, 0.1) is 5.82 Å². The number of fused-ring (bicyclic) bond motifs is 1. The van der Waals surface area contributed by atoms with Crippen molar-refractivity contribution in [2.45, 2.75) is 24.1 Å². The van der Waals surface area contributed by atoms with Crippen LogP contribution in [0.1, 0.15) is 11.1 Å². The molecule has 1 N–H and O–H groups in total. The average Bonchev–Trinajstić information content (AvgIpc) is 3.00. The van der Waals surface area contributed by atoms with E-state index >= 15 is 0 Å². The van der Waals surface area contributed by atoms with Gasteiger partial charge in [-0.25, -0.2) is 12.8 Å². The van der Waals surface area contributed by atoms with Gasteiger partial charge < -0.3 is 15.0 Å². The van der Waals surface area contributed by atoms with Crippen molar-refractivity contribution in [3.63, 3.8) is 0 Å². The molecule has 1 atom stereocenters. The van der Waals surface area contributed by atoms with Gasteiger partial charge in [0.15, 0.2) is 6.10 Å². The first-order valence-electron chi connectivity index (χ1n) is 13.1. The van der Waals surface area contributed by atoms with E-state index in [0.717, 1.165) is 9.87 Å². The topological polar surface area (TPSA) is 96.0 Å². The molecule has 0 saturated carbocycles. The molecule has 11 heteroatoms. The van der Waals surface area contributed by atoms with Gasteiger partial charge >= 0.3 is 0 Å². The number of halogens is 2. The number of carbonyl (C=O) groups excluding carboxylic acids is 2. The molecule has 8 nitrogen and oxygen atoms in total. The molecule has 1 aliphatic heterocycles. The van der Waals surface area contributed by atoms with E-state index in [9.17, 15) is 22.4 Å². The van der Waals surface area contributed by atoms with Crippen LogP contribution in [0.2, 0.25) is 5.02 Å². The number of para-hydroxylation sites is 2. The Labute approximate surface area is 248 Å². The zero-order valence-electron chi connectivity index (χ0n) is 22.3. The van der Waals surface area contributed by atoms with Crippen molar-refractivity contribution >= 4 is 39.1 Å². The monoisotopic (exact) mass is 607 g/mol. The van der Waals surface area contributed by atoms with Gasteiger partial charge in [0.05, 0.1) is 23.7 Å². The van der Waals surface area contributed by atoms with E-state index < -0.39 is 46.8 Å². The molecule has 0 fully saturated rings. The van der Waals surface area contributed by atoms with Crippen LogP contribution in [-0.2, 0) is 32.7 Å². The summed E-state index contributed by atoms with van der Waals surface area (Å²) in [5.41, 5.74) is 1.39. The second-order valence-corrected chi connectivity index (χ2v) is 12.0. The van der Waals surface area contributed by atoms with Gasteiger partial charge in [-0.15, -0.1) is 0 Å². The molecule has 5 rings (SSSR count). The number of hydrogen-bond donors (Lipinski definition) is 1. The molecular weight excluding hydrogens is 581 g/mol. The Kier molecular flexibility index (Phi) is 8.86. The number of benzene rings is 4. The Morgan fingerprint density at radius 2 is 1.60 bits per heavy atom. The van der Waals surface area contributed by atoms with Crippen LogP contribution in [0.4, 0.5) is 10.1 Å². The van der Waals surface area contributed by atoms with Crippen LogP contribution < -0.4 is 15.0 Å². The average molecular weight is 608 g/mol. The molecule has 42 heavy (non-hydrogen) atoms. The maximum atomic E-state index is 14.6. The van der Waals surface area contributed by atoms with Gasteiger partial charge in [-0.2, -0.15) is 4.31 Å². The Bertz CT molecular complexity index is 1690. The first-order chi connectivity index (χ1) is 20.2. The summed E-state index contributed by atoms with van der Waals surface area (Å²) < 4.78 is 48.9. The van der Waals surface area contributed by atoms with Gasteiger partial charge in [0.1, 0.15) is 11.6 Å². The summed E-state index contributed by atoms with van der Waals surface area (Å²) >= 11 is 5.96. The Hall–Kier alpha value is -4.25. The van der Waals surface area contributed by atoms with Gasteiger partial charge in [-0.1, -0.05) is 72.3 Å². The van der Waals surface area contributed by atoms with Crippen molar-refractivity contribution in [1.82, 2.24) is 9.62 Å². The zero-order valence-corrected chi connectivity index (χ0v) is 23.9. The molecule has 0 radical (unpaired) electrons. The number of amides is 2. The van der Waals surface area contributed by atoms with E-state index in [0.29, 0.717) is 16.5 Å². The smallest absolute Gasteiger partial charge is 0.263 e. The number of hydrogen-bond acceptors (Lipinski definition) is 5. The minimum absolute atomic E-state index is 0.100. The third-order valence-electron chi connectivity index (χ3n) is 6.74. The highest BCUT2D eigenvalue weighted by Gasteiger charge is 2.36. The quantitative estimate of drug-likeness (QED) is 0.295. The summed E-state index contributed by atoms with van der Waals surface area (Å²) in [5.74, 6) is -1.34. The second kappa shape index (κ2) is 12.7. The minimum Gasteiger partial charge on any atom is -0.477 e. The summed E-state index contributed by atoms with van der Waals surface area (Å²) in [5, 5.41) is 3.17. The van der Waals surface area contributed by atoms with Gasteiger partial charge in [-0.3, -0.25) is 9.59 Å². The van der Waals surface area contributed by atoms with Crippen LogP contribution >= 0.6 is 11.6 Å². The van der Waals surface area contributed by atoms with E-state index in [1.54, 1.807) is 30.3 Å². The van der Waals surface area contributed by atoms with Crippen LogP contribution in [-0.4, -0.2) is 43.7 Å². The third kappa shape index (κ3) is 6.62.